The molecule has 0 aliphatic heterocycles. The standard InChI is InChI=1S/C12H17BrO/c1-4-7-12(2,3)8-5-11-10(13)6-9-14-11/h5-6,8-9H,4,7H2,1-3H3/b8-5+. The van der Waals surface area contributed by atoms with Gasteiger partial charge in [-0.25, -0.2) is 0 Å². The van der Waals surface area contributed by atoms with Crippen molar-refractivity contribution in [2.75, 3.05) is 0 Å². The van der Waals surface area contributed by atoms with Gasteiger partial charge in [-0.05, 0) is 39.9 Å². The van der Waals surface area contributed by atoms with Crippen molar-refractivity contribution in [3.63, 3.8) is 0 Å². The lowest BCUT2D eigenvalue weighted by molar-refractivity contribution is 0.433. The Morgan fingerprint density at radius 3 is 2.71 bits per heavy atom. The first-order valence-corrected chi connectivity index (χ1v) is 5.77. The maximum atomic E-state index is 5.30. The Morgan fingerprint density at radius 2 is 2.21 bits per heavy atom. The molecule has 1 heterocycles. The first-order valence-electron chi connectivity index (χ1n) is 4.97. The molecule has 78 valence electrons. The van der Waals surface area contributed by atoms with E-state index in [-0.39, 0.29) is 5.41 Å². The number of rotatable bonds is 4. The predicted molar refractivity (Wildman–Crippen MR) is 64.1 cm³/mol. The lowest BCUT2D eigenvalue weighted by Crippen LogP contribution is -2.05. The van der Waals surface area contributed by atoms with E-state index in [1.54, 1.807) is 6.26 Å². The Labute approximate surface area is 94.3 Å². The average molecular weight is 257 g/mol. The first-order chi connectivity index (χ1) is 6.55. The summed E-state index contributed by atoms with van der Waals surface area (Å²) >= 11 is 3.43. The second-order valence-corrected chi connectivity index (χ2v) is 5.06. The van der Waals surface area contributed by atoms with Gasteiger partial charge in [-0.15, -0.1) is 0 Å². The lowest BCUT2D eigenvalue weighted by Gasteiger charge is -2.18. The summed E-state index contributed by atoms with van der Waals surface area (Å²) in [5, 5.41) is 0. The number of hydrogen-bond acceptors (Lipinski definition) is 1. The monoisotopic (exact) mass is 256 g/mol. The van der Waals surface area contributed by atoms with Crippen molar-refractivity contribution in [2.45, 2.75) is 33.6 Å². The van der Waals surface area contributed by atoms with Gasteiger partial charge in [0.05, 0.1) is 10.7 Å². The van der Waals surface area contributed by atoms with Crippen LogP contribution in [0.15, 0.2) is 27.3 Å². The zero-order valence-electron chi connectivity index (χ0n) is 9.01. The Kier molecular flexibility index (Phi) is 3.99. The third kappa shape index (κ3) is 3.33. The van der Waals surface area contributed by atoms with Crippen molar-refractivity contribution >= 4 is 22.0 Å². The normalized spacial score (nSPS) is 12.6. The van der Waals surface area contributed by atoms with Gasteiger partial charge in [0.2, 0.25) is 0 Å². The van der Waals surface area contributed by atoms with Crippen molar-refractivity contribution in [1.82, 2.24) is 0 Å². The van der Waals surface area contributed by atoms with E-state index >= 15 is 0 Å². The molecular formula is C12H17BrO. The average Bonchev–Trinajstić information content (AvgIpc) is 2.48. The van der Waals surface area contributed by atoms with Gasteiger partial charge < -0.3 is 4.42 Å². The van der Waals surface area contributed by atoms with Crippen molar-refractivity contribution in [3.05, 3.63) is 28.6 Å². The third-order valence-corrected chi connectivity index (χ3v) is 2.88. The summed E-state index contributed by atoms with van der Waals surface area (Å²) in [4.78, 5) is 0. The zero-order valence-corrected chi connectivity index (χ0v) is 10.6. The Bertz CT molecular complexity index is 310. The summed E-state index contributed by atoms with van der Waals surface area (Å²) < 4.78 is 6.32. The van der Waals surface area contributed by atoms with E-state index in [1.807, 2.05) is 12.1 Å². The lowest BCUT2D eigenvalue weighted by atomic mass is 9.87. The topological polar surface area (TPSA) is 13.1 Å². The minimum Gasteiger partial charge on any atom is -0.464 e. The van der Waals surface area contributed by atoms with Crippen LogP contribution in [-0.4, -0.2) is 0 Å². The summed E-state index contributed by atoms with van der Waals surface area (Å²) in [6.07, 6.45) is 8.34. The minimum atomic E-state index is 0.251. The highest BCUT2D eigenvalue weighted by molar-refractivity contribution is 9.10. The molecular weight excluding hydrogens is 240 g/mol. The van der Waals surface area contributed by atoms with Gasteiger partial charge in [0, 0.05) is 0 Å². The van der Waals surface area contributed by atoms with Crippen LogP contribution >= 0.6 is 15.9 Å². The van der Waals surface area contributed by atoms with Crippen LogP contribution in [-0.2, 0) is 0 Å². The summed E-state index contributed by atoms with van der Waals surface area (Å²) in [7, 11) is 0. The van der Waals surface area contributed by atoms with E-state index in [9.17, 15) is 0 Å². The van der Waals surface area contributed by atoms with Crippen molar-refractivity contribution in [1.29, 1.82) is 0 Å². The summed E-state index contributed by atoms with van der Waals surface area (Å²) in [5.74, 6) is 0.897. The molecule has 0 aliphatic rings. The van der Waals surface area contributed by atoms with E-state index in [1.165, 1.54) is 12.8 Å². The van der Waals surface area contributed by atoms with Crippen LogP contribution in [0.5, 0.6) is 0 Å². The van der Waals surface area contributed by atoms with E-state index in [0.29, 0.717) is 0 Å². The molecule has 0 saturated carbocycles. The molecule has 1 aromatic rings. The van der Waals surface area contributed by atoms with Gasteiger partial charge in [-0.1, -0.05) is 33.3 Å². The van der Waals surface area contributed by atoms with E-state index in [0.717, 1.165) is 10.2 Å². The molecule has 0 aliphatic carbocycles. The molecule has 1 rings (SSSR count). The van der Waals surface area contributed by atoms with Crippen LogP contribution in [0.1, 0.15) is 39.4 Å². The molecule has 0 atom stereocenters. The molecule has 1 nitrogen and oxygen atoms in total. The fourth-order valence-corrected chi connectivity index (χ4v) is 1.79. The van der Waals surface area contributed by atoms with E-state index in [2.05, 4.69) is 42.8 Å². The summed E-state index contributed by atoms with van der Waals surface area (Å²) in [5.41, 5.74) is 0.251. The van der Waals surface area contributed by atoms with Crippen LogP contribution in [0.2, 0.25) is 0 Å². The van der Waals surface area contributed by atoms with Gasteiger partial charge in [-0.2, -0.15) is 0 Å². The fraction of sp³-hybridized carbons (Fsp3) is 0.500. The molecule has 0 spiro atoms. The second kappa shape index (κ2) is 4.83. The van der Waals surface area contributed by atoms with Crippen molar-refractivity contribution < 1.29 is 4.42 Å². The van der Waals surface area contributed by atoms with Gasteiger partial charge in [-0.3, -0.25) is 0 Å². The second-order valence-electron chi connectivity index (χ2n) is 4.20. The fourth-order valence-electron chi connectivity index (χ4n) is 1.45. The van der Waals surface area contributed by atoms with Gasteiger partial charge in [0.25, 0.3) is 0 Å². The molecule has 0 bridgehead atoms. The Morgan fingerprint density at radius 1 is 1.50 bits per heavy atom. The molecule has 2 heteroatoms. The third-order valence-electron chi connectivity index (χ3n) is 2.22. The Hall–Kier alpha value is -0.500. The van der Waals surface area contributed by atoms with Crippen molar-refractivity contribution in [3.8, 4) is 0 Å². The van der Waals surface area contributed by atoms with Gasteiger partial charge in [0.15, 0.2) is 0 Å². The summed E-state index contributed by atoms with van der Waals surface area (Å²) in [6, 6.07) is 1.91. The van der Waals surface area contributed by atoms with Crippen LogP contribution < -0.4 is 0 Å². The van der Waals surface area contributed by atoms with Crippen LogP contribution in [0.3, 0.4) is 0 Å². The highest BCUT2D eigenvalue weighted by Crippen LogP contribution is 2.27. The molecule has 14 heavy (non-hydrogen) atoms. The van der Waals surface area contributed by atoms with Crippen LogP contribution in [0, 0.1) is 5.41 Å². The maximum absolute atomic E-state index is 5.30. The number of allylic oxidation sites excluding steroid dienone is 1. The predicted octanol–water partition coefficient (Wildman–Crippen LogP) is 4.88. The number of furan rings is 1. The van der Waals surface area contributed by atoms with E-state index in [4.69, 9.17) is 4.42 Å². The minimum absolute atomic E-state index is 0.251. The zero-order chi connectivity index (χ0) is 10.6. The Balaban J connectivity index is 2.68. The summed E-state index contributed by atoms with van der Waals surface area (Å²) in [6.45, 7) is 6.69. The highest BCUT2D eigenvalue weighted by atomic mass is 79.9. The van der Waals surface area contributed by atoms with Crippen molar-refractivity contribution in [2.24, 2.45) is 5.41 Å². The molecule has 0 radical (unpaired) electrons. The number of hydrogen-bond donors (Lipinski definition) is 0. The molecule has 1 aromatic heterocycles. The molecule has 0 aromatic carbocycles. The smallest absolute Gasteiger partial charge is 0.140 e. The molecule has 0 unspecified atom stereocenters. The molecule has 0 saturated heterocycles. The SMILES string of the molecule is CCCC(C)(C)/C=C/c1occc1Br. The van der Waals surface area contributed by atoms with E-state index < -0.39 is 0 Å². The molecule has 0 fully saturated rings. The molecule has 0 amide bonds. The molecule has 0 N–H and O–H groups in total. The number of halogens is 1. The van der Waals surface area contributed by atoms with Crippen LogP contribution in [0.25, 0.3) is 6.08 Å². The highest BCUT2D eigenvalue weighted by Gasteiger charge is 2.12. The van der Waals surface area contributed by atoms with Gasteiger partial charge >= 0.3 is 0 Å². The van der Waals surface area contributed by atoms with Crippen LogP contribution in [0.4, 0.5) is 0 Å². The quantitative estimate of drug-likeness (QED) is 0.749. The maximum Gasteiger partial charge on any atom is 0.140 e. The largest absolute Gasteiger partial charge is 0.464 e. The first kappa shape index (κ1) is 11.6. The van der Waals surface area contributed by atoms with Gasteiger partial charge in [0.1, 0.15) is 5.76 Å².